The van der Waals surface area contributed by atoms with Gasteiger partial charge in [-0.1, -0.05) is 153 Å². The Morgan fingerprint density at radius 1 is 0.379 bits per heavy atom. The average Bonchev–Trinajstić information content (AvgIpc) is 3.77. The van der Waals surface area contributed by atoms with E-state index in [2.05, 4.69) is 190 Å². The van der Waals surface area contributed by atoms with Gasteiger partial charge in [0.05, 0.1) is 22.9 Å². The minimum Gasteiger partial charge on any atom is -0.252 e. The van der Waals surface area contributed by atoms with Crippen LogP contribution in [0.5, 0.6) is 0 Å². The largest absolute Gasteiger partial charge is 0.252 e. The predicted molar refractivity (Wildman–Crippen MR) is 247 cm³/mol. The molecule has 58 heavy (non-hydrogen) atoms. The molecule has 1 aliphatic rings. The zero-order chi connectivity index (χ0) is 38.5. The quantitative estimate of drug-likeness (QED) is 0.167. The first-order valence-electron chi connectivity index (χ1n) is 20.0. The summed E-state index contributed by atoms with van der Waals surface area (Å²) in [7, 11) is 0. The van der Waals surface area contributed by atoms with Crippen molar-refractivity contribution in [3.8, 4) is 55.8 Å². The van der Waals surface area contributed by atoms with Crippen LogP contribution in [0.3, 0.4) is 0 Å². The molecule has 11 aromatic rings. The molecule has 0 spiro atoms. The highest BCUT2D eigenvalue weighted by Gasteiger charge is 2.36. The Labute approximate surface area is 340 Å². The van der Waals surface area contributed by atoms with Crippen LogP contribution in [0.25, 0.3) is 109 Å². The lowest BCUT2D eigenvalue weighted by molar-refractivity contribution is 0.661. The smallest absolute Gasteiger partial charge is 0.0979 e. The lowest BCUT2D eigenvalue weighted by Crippen LogP contribution is -2.15. The van der Waals surface area contributed by atoms with Crippen molar-refractivity contribution in [3.05, 3.63) is 193 Å². The van der Waals surface area contributed by atoms with E-state index in [1.54, 1.807) is 0 Å². The van der Waals surface area contributed by atoms with Gasteiger partial charge in [-0.3, -0.25) is 4.98 Å². The summed E-state index contributed by atoms with van der Waals surface area (Å²) in [4.78, 5) is 10.4. The van der Waals surface area contributed by atoms with E-state index in [9.17, 15) is 0 Å². The van der Waals surface area contributed by atoms with E-state index in [4.69, 9.17) is 9.97 Å². The summed E-state index contributed by atoms with van der Waals surface area (Å²) in [5, 5.41) is 7.35. The molecule has 2 nitrogen and oxygen atoms in total. The lowest BCUT2D eigenvalue weighted by Gasteiger charge is -2.22. The van der Waals surface area contributed by atoms with Gasteiger partial charge in [0, 0.05) is 41.9 Å². The van der Waals surface area contributed by atoms with Crippen LogP contribution >= 0.6 is 11.3 Å². The number of nitrogens with zero attached hydrogens (tertiary/aromatic N) is 2. The van der Waals surface area contributed by atoms with Crippen LogP contribution in [0.15, 0.2) is 182 Å². The standard InChI is InChI=1S/C55H36N2S/c1-55(2)48-30-38(36-11-9-10-35(28-36)33-18-20-34(21-19-33)37-24-27-52-47(29-37)44-14-7-8-17-51(44)58-52)22-25-42(48)43-26-23-39(31-49(43)55)50-32-56-53-45-15-5-3-12-40(45)41-13-4-6-16-46(41)54(53)57-50/h3-32H,1-2H3. The summed E-state index contributed by atoms with van der Waals surface area (Å²) in [6.45, 7) is 4.71. The molecule has 1 aliphatic carbocycles. The molecule has 272 valence electrons. The van der Waals surface area contributed by atoms with E-state index < -0.39 is 0 Å². The van der Waals surface area contributed by atoms with Crippen molar-refractivity contribution in [1.82, 2.24) is 9.97 Å². The summed E-state index contributed by atoms with van der Waals surface area (Å²) in [6.07, 6.45) is 1.95. The molecule has 0 radical (unpaired) electrons. The summed E-state index contributed by atoms with van der Waals surface area (Å²) < 4.78 is 2.67. The maximum absolute atomic E-state index is 5.31. The maximum atomic E-state index is 5.31. The minimum atomic E-state index is -0.185. The predicted octanol–water partition coefficient (Wildman–Crippen LogP) is 15.3. The first-order chi connectivity index (χ1) is 28.5. The molecule has 0 amide bonds. The number of fused-ring (bicyclic) bond motifs is 12. The second-order valence-corrected chi connectivity index (χ2v) is 17.2. The zero-order valence-electron chi connectivity index (χ0n) is 32.1. The normalized spacial score (nSPS) is 13.1. The highest BCUT2D eigenvalue weighted by molar-refractivity contribution is 7.25. The first kappa shape index (κ1) is 33.2. The van der Waals surface area contributed by atoms with Gasteiger partial charge >= 0.3 is 0 Å². The third-order valence-electron chi connectivity index (χ3n) is 12.5. The fraction of sp³-hybridized carbons (Fsp3) is 0.0545. The summed E-state index contributed by atoms with van der Waals surface area (Å²) >= 11 is 1.86. The number of rotatable bonds is 4. The van der Waals surface area contributed by atoms with Crippen molar-refractivity contribution in [1.29, 1.82) is 0 Å². The van der Waals surface area contributed by atoms with Crippen LogP contribution in [-0.2, 0) is 5.41 Å². The number of hydrogen-bond acceptors (Lipinski definition) is 3. The molecule has 0 unspecified atom stereocenters. The second-order valence-electron chi connectivity index (χ2n) is 16.2. The summed E-state index contributed by atoms with van der Waals surface area (Å²) in [5.74, 6) is 0. The highest BCUT2D eigenvalue weighted by Crippen LogP contribution is 2.51. The third-order valence-corrected chi connectivity index (χ3v) is 13.7. The molecule has 0 aliphatic heterocycles. The van der Waals surface area contributed by atoms with Crippen molar-refractivity contribution in [3.63, 3.8) is 0 Å². The minimum absolute atomic E-state index is 0.185. The molecule has 0 saturated heterocycles. The van der Waals surface area contributed by atoms with Gasteiger partial charge in [-0.15, -0.1) is 11.3 Å². The number of benzene rings is 9. The van der Waals surface area contributed by atoms with E-state index in [1.807, 2.05) is 17.5 Å². The topological polar surface area (TPSA) is 25.8 Å². The number of thiophene rings is 1. The Bertz CT molecular complexity index is 3450. The Hall–Kier alpha value is -6.94. The van der Waals surface area contributed by atoms with Crippen LogP contribution in [0.1, 0.15) is 25.0 Å². The van der Waals surface area contributed by atoms with Gasteiger partial charge < -0.3 is 0 Å². The van der Waals surface area contributed by atoms with Gasteiger partial charge in [-0.25, -0.2) is 4.98 Å². The second kappa shape index (κ2) is 12.5. The van der Waals surface area contributed by atoms with Gasteiger partial charge in [-0.05, 0) is 103 Å². The Kier molecular flexibility index (Phi) is 7.18. The molecular weight excluding hydrogens is 721 g/mol. The van der Waals surface area contributed by atoms with Gasteiger partial charge in [0.2, 0.25) is 0 Å². The van der Waals surface area contributed by atoms with Crippen molar-refractivity contribution < 1.29 is 0 Å². The molecule has 0 atom stereocenters. The van der Waals surface area contributed by atoms with Crippen molar-refractivity contribution in [2.45, 2.75) is 19.3 Å². The van der Waals surface area contributed by atoms with Gasteiger partial charge in [-0.2, -0.15) is 0 Å². The van der Waals surface area contributed by atoms with Crippen molar-refractivity contribution >= 4 is 64.1 Å². The molecule has 0 saturated carbocycles. The van der Waals surface area contributed by atoms with Gasteiger partial charge in [0.25, 0.3) is 0 Å². The fourth-order valence-electron chi connectivity index (χ4n) is 9.48. The molecule has 2 aromatic heterocycles. The van der Waals surface area contributed by atoms with E-state index in [0.29, 0.717) is 0 Å². The Morgan fingerprint density at radius 3 is 1.59 bits per heavy atom. The molecule has 0 N–H and O–H groups in total. The summed E-state index contributed by atoms with van der Waals surface area (Å²) in [5.41, 5.74) is 16.3. The average molecular weight is 757 g/mol. The monoisotopic (exact) mass is 756 g/mol. The van der Waals surface area contributed by atoms with E-state index >= 15 is 0 Å². The third kappa shape index (κ3) is 5.03. The molecule has 0 bridgehead atoms. The highest BCUT2D eigenvalue weighted by atomic mass is 32.1. The summed E-state index contributed by atoms with van der Waals surface area (Å²) in [6, 6.07) is 64.5. The van der Waals surface area contributed by atoms with Crippen LogP contribution in [-0.4, -0.2) is 9.97 Å². The van der Waals surface area contributed by atoms with E-state index in [1.165, 1.54) is 86.6 Å². The molecule has 9 aromatic carbocycles. The van der Waals surface area contributed by atoms with E-state index in [0.717, 1.165) is 33.1 Å². The van der Waals surface area contributed by atoms with Gasteiger partial charge in [0.15, 0.2) is 0 Å². The molecule has 3 heteroatoms. The van der Waals surface area contributed by atoms with Crippen molar-refractivity contribution in [2.75, 3.05) is 0 Å². The lowest BCUT2D eigenvalue weighted by atomic mass is 9.81. The first-order valence-corrected chi connectivity index (χ1v) is 20.8. The SMILES string of the molecule is CC1(C)c2cc(-c3cccc(-c4ccc(-c5ccc6sc7ccccc7c6c5)cc4)c3)ccc2-c2ccc(-c3cnc4c5ccccc5c5ccccc5c4n3)cc21. The van der Waals surface area contributed by atoms with Crippen LogP contribution in [0.2, 0.25) is 0 Å². The Balaban J connectivity index is 0.862. The zero-order valence-corrected chi connectivity index (χ0v) is 32.9. The number of aromatic nitrogens is 2. The van der Waals surface area contributed by atoms with Crippen LogP contribution in [0, 0.1) is 0 Å². The fourth-order valence-corrected chi connectivity index (χ4v) is 10.6. The van der Waals surface area contributed by atoms with Crippen LogP contribution in [0.4, 0.5) is 0 Å². The van der Waals surface area contributed by atoms with Gasteiger partial charge in [0.1, 0.15) is 0 Å². The number of hydrogen-bond donors (Lipinski definition) is 0. The maximum Gasteiger partial charge on any atom is 0.0979 e. The van der Waals surface area contributed by atoms with Crippen molar-refractivity contribution in [2.24, 2.45) is 0 Å². The van der Waals surface area contributed by atoms with E-state index in [-0.39, 0.29) is 5.41 Å². The molecule has 0 fully saturated rings. The molecular formula is C55H36N2S. The molecule has 12 rings (SSSR count). The molecule has 2 heterocycles. The van der Waals surface area contributed by atoms with Crippen LogP contribution < -0.4 is 0 Å². The Morgan fingerprint density at radius 2 is 0.879 bits per heavy atom.